The molecular weight excluding hydrogens is 436 g/mol. The molecule has 0 aliphatic rings. The molecule has 3 aromatic heterocycles. The number of rotatable bonds is 3. The van der Waals surface area contributed by atoms with Gasteiger partial charge >= 0.3 is 11.9 Å². The summed E-state index contributed by atoms with van der Waals surface area (Å²) in [7, 11) is 1.49. The van der Waals surface area contributed by atoms with Gasteiger partial charge in [0.1, 0.15) is 5.82 Å². The van der Waals surface area contributed by atoms with Crippen molar-refractivity contribution < 1.29 is 17.6 Å². The van der Waals surface area contributed by atoms with Gasteiger partial charge in [0.25, 0.3) is 0 Å². The minimum atomic E-state index is -4.90. The largest absolute Gasteiger partial charge is 0.419 e. The van der Waals surface area contributed by atoms with Crippen LogP contribution in [0.3, 0.4) is 0 Å². The average molecular weight is 452 g/mol. The fourth-order valence-corrected chi connectivity index (χ4v) is 3.84. The second-order valence-corrected chi connectivity index (χ2v) is 7.61. The first-order valence-corrected chi connectivity index (χ1v) is 9.92. The van der Waals surface area contributed by atoms with E-state index >= 15 is 0 Å². The summed E-state index contributed by atoms with van der Waals surface area (Å²) in [6.45, 7) is 0. The summed E-state index contributed by atoms with van der Waals surface area (Å²) in [6, 6.07) is 13.9. The van der Waals surface area contributed by atoms with Gasteiger partial charge in [0.05, 0.1) is 22.6 Å². The second-order valence-electron chi connectivity index (χ2n) is 7.61. The summed E-state index contributed by atoms with van der Waals surface area (Å²) < 4.78 is 55.9. The third-order valence-electron chi connectivity index (χ3n) is 5.47. The molecule has 9 heteroatoms. The SMILES string of the molecule is Cn1cc(-c2cc(-c3ccc4[nH]ccc4c3)ccn2)n(-c2ccc(F)c(C(F)(F)F)c2)c1=O. The molecular formula is C24H16F4N4O. The van der Waals surface area contributed by atoms with Gasteiger partial charge in [0, 0.05) is 31.2 Å². The molecule has 0 radical (unpaired) electrons. The van der Waals surface area contributed by atoms with Crippen molar-refractivity contribution in [3.63, 3.8) is 0 Å². The van der Waals surface area contributed by atoms with Crippen LogP contribution in [0.4, 0.5) is 17.6 Å². The first-order chi connectivity index (χ1) is 15.7. The summed E-state index contributed by atoms with van der Waals surface area (Å²) in [6.07, 6.45) is 0.000685. The van der Waals surface area contributed by atoms with Crippen LogP contribution >= 0.6 is 0 Å². The molecule has 3 heterocycles. The summed E-state index contributed by atoms with van der Waals surface area (Å²) in [5.74, 6) is -1.41. The molecule has 0 amide bonds. The number of aryl methyl sites for hydroxylation is 1. The standard InChI is InChI=1S/C24H16F4N4O/c1-31-13-22(32(23(31)33)17-3-4-19(25)18(12-17)24(26,27)28)21-11-15(6-8-30-21)14-2-5-20-16(10-14)7-9-29-20/h2-13,29H,1H3. The Balaban J connectivity index is 1.66. The molecule has 166 valence electrons. The molecule has 0 bridgehead atoms. The Morgan fingerprint density at radius 2 is 1.76 bits per heavy atom. The van der Waals surface area contributed by atoms with Crippen molar-refractivity contribution in [1.29, 1.82) is 0 Å². The normalized spacial score (nSPS) is 11.9. The van der Waals surface area contributed by atoms with Crippen molar-refractivity contribution in [3.8, 4) is 28.2 Å². The Morgan fingerprint density at radius 3 is 2.55 bits per heavy atom. The fraction of sp³-hybridized carbons (Fsp3) is 0.0833. The minimum Gasteiger partial charge on any atom is -0.361 e. The third kappa shape index (κ3) is 3.61. The number of fused-ring (bicyclic) bond motifs is 1. The Labute approximate surface area is 184 Å². The van der Waals surface area contributed by atoms with E-state index in [1.54, 1.807) is 12.3 Å². The number of halogens is 4. The van der Waals surface area contributed by atoms with Crippen LogP contribution < -0.4 is 5.69 Å². The van der Waals surface area contributed by atoms with Crippen LogP contribution in [-0.4, -0.2) is 19.1 Å². The molecule has 5 aromatic rings. The van der Waals surface area contributed by atoms with Crippen LogP contribution in [0, 0.1) is 5.82 Å². The molecule has 0 spiro atoms. The minimum absolute atomic E-state index is 0.106. The molecule has 5 nitrogen and oxygen atoms in total. The number of hydrogen-bond acceptors (Lipinski definition) is 2. The first kappa shape index (κ1) is 20.7. The van der Waals surface area contributed by atoms with Crippen LogP contribution in [0.2, 0.25) is 0 Å². The Kier molecular flexibility index (Phi) is 4.70. The van der Waals surface area contributed by atoms with E-state index < -0.39 is 23.2 Å². The number of nitrogens with one attached hydrogen (secondary N) is 1. The lowest BCUT2D eigenvalue weighted by Gasteiger charge is -2.12. The maximum atomic E-state index is 13.8. The van der Waals surface area contributed by atoms with Crippen molar-refractivity contribution in [3.05, 3.63) is 95.1 Å². The van der Waals surface area contributed by atoms with Gasteiger partial charge in [-0.1, -0.05) is 6.07 Å². The highest BCUT2D eigenvalue weighted by atomic mass is 19.4. The van der Waals surface area contributed by atoms with Gasteiger partial charge in [-0.15, -0.1) is 0 Å². The monoisotopic (exact) mass is 452 g/mol. The smallest absolute Gasteiger partial charge is 0.361 e. The number of alkyl halides is 3. The first-order valence-electron chi connectivity index (χ1n) is 9.92. The topological polar surface area (TPSA) is 55.6 Å². The summed E-state index contributed by atoms with van der Waals surface area (Å²) in [5, 5.41) is 1.02. The van der Waals surface area contributed by atoms with Gasteiger partial charge in [-0.05, 0) is 65.0 Å². The van der Waals surface area contributed by atoms with Crippen molar-refractivity contribution in [2.45, 2.75) is 6.18 Å². The van der Waals surface area contributed by atoms with Gasteiger partial charge in [-0.2, -0.15) is 13.2 Å². The van der Waals surface area contributed by atoms with Crippen LogP contribution in [0.1, 0.15) is 5.56 Å². The van der Waals surface area contributed by atoms with Crippen molar-refractivity contribution in [2.24, 2.45) is 7.05 Å². The van der Waals surface area contributed by atoms with Gasteiger partial charge in [0.15, 0.2) is 0 Å². The highest BCUT2D eigenvalue weighted by molar-refractivity contribution is 5.85. The van der Waals surface area contributed by atoms with Crippen LogP contribution in [0.15, 0.2) is 78.0 Å². The Morgan fingerprint density at radius 1 is 0.970 bits per heavy atom. The number of aromatic amines is 1. The number of nitrogens with zero attached hydrogens (tertiary/aromatic N) is 3. The van der Waals surface area contributed by atoms with Gasteiger partial charge < -0.3 is 9.55 Å². The maximum Gasteiger partial charge on any atom is 0.419 e. The molecule has 0 aliphatic heterocycles. The molecule has 1 N–H and O–H groups in total. The van der Waals surface area contributed by atoms with E-state index in [1.165, 1.54) is 17.8 Å². The lowest BCUT2D eigenvalue weighted by molar-refractivity contribution is -0.140. The summed E-state index contributed by atoms with van der Waals surface area (Å²) >= 11 is 0. The second kappa shape index (κ2) is 7.47. The third-order valence-corrected chi connectivity index (χ3v) is 5.47. The zero-order valence-electron chi connectivity index (χ0n) is 17.2. The molecule has 0 aliphatic carbocycles. The highest BCUT2D eigenvalue weighted by Crippen LogP contribution is 2.33. The zero-order chi connectivity index (χ0) is 23.3. The molecule has 5 rings (SSSR count). The number of H-pyrrole nitrogens is 1. The molecule has 0 fully saturated rings. The summed E-state index contributed by atoms with van der Waals surface area (Å²) in [5.41, 5.74) is 1.27. The van der Waals surface area contributed by atoms with E-state index in [0.717, 1.165) is 32.7 Å². The fourth-order valence-electron chi connectivity index (χ4n) is 3.84. The van der Waals surface area contributed by atoms with Gasteiger partial charge in [-0.25, -0.2) is 9.18 Å². The van der Waals surface area contributed by atoms with Gasteiger partial charge in [-0.3, -0.25) is 9.55 Å². The van der Waals surface area contributed by atoms with E-state index in [4.69, 9.17) is 0 Å². The summed E-state index contributed by atoms with van der Waals surface area (Å²) in [4.78, 5) is 20.3. The van der Waals surface area contributed by atoms with Crippen LogP contribution in [0.25, 0.3) is 39.1 Å². The van der Waals surface area contributed by atoms with E-state index in [9.17, 15) is 22.4 Å². The van der Waals surface area contributed by atoms with Crippen LogP contribution in [0.5, 0.6) is 0 Å². The number of benzene rings is 2. The molecule has 0 saturated carbocycles. The Hall–Kier alpha value is -4.14. The molecule has 0 saturated heterocycles. The van der Waals surface area contributed by atoms with Crippen LogP contribution in [-0.2, 0) is 13.2 Å². The van der Waals surface area contributed by atoms with E-state index in [2.05, 4.69) is 9.97 Å². The Bertz CT molecular complexity index is 1560. The lowest BCUT2D eigenvalue weighted by atomic mass is 10.0. The molecule has 33 heavy (non-hydrogen) atoms. The predicted molar refractivity (Wildman–Crippen MR) is 116 cm³/mol. The predicted octanol–water partition coefficient (Wildman–Crippen LogP) is 5.54. The zero-order valence-corrected chi connectivity index (χ0v) is 17.2. The van der Waals surface area contributed by atoms with Crippen molar-refractivity contribution in [2.75, 3.05) is 0 Å². The average Bonchev–Trinajstić information content (AvgIpc) is 3.37. The molecule has 0 atom stereocenters. The van der Waals surface area contributed by atoms with Crippen molar-refractivity contribution in [1.82, 2.24) is 19.1 Å². The highest BCUT2D eigenvalue weighted by Gasteiger charge is 2.34. The number of aromatic nitrogens is 4. The van der Waals surface area contributed by atoms with Crippen molar-refractivity contribution >= 4 is 10.9 Å². The number of imidazole rings is 1. The van der Waals surface area contributed by atoms with E-state index in [1.807, 2.05) is 36.5 Å². The molecule has 2 aromatic carbocycles. The molecule has 0 unspecified atom stereocenters. The van der Waals surface area contributed by atoms with E-state index in [-0.39, 0.29) is 11.4 Å². The van der Waals surface area contributed by atoms with Gasteiger partial charge in [0.2, 0.25) is 0 Å². The maximum absolute atomic E-state index is 13.8. The number of hydrogen-bond donors (Lipinski definition) is 1. The number of pyridine rings is 1. The quantitative estimate of drug-likeness (QED) is 0.365. The lowest BCUT2D eigenvalue weighted by Crippen LogP contribution is -2.22. The van der Waals surface area contributed by atoms with E-state index in [0.29, 0.717) is 17.8 Å².